The first-order valence-electron chi connectivity index (χ1n) is 14.4. The van der Waals surface area contributed by atoms with Gasteiger partial charge in [0.05, 0.1) is 29.2 Å². The minimum Gasteiger partial charge on any atom is -0.340 e. The quantitative estimate of drug-likeness (QED) is 0.411. The van der Waals surface area contributed by atoms with Crippen LogP contribution in [0.5, 0.6) is 0 Å². The first kappa shape index (κ1) is 29.8. The number of Topliss-reactive ketones (excluding diaryl/α,β-unsaturated/α-hetero) is 2. The molecule has 3 aromatic carbocycles. The number of benzene rings is 3. The molecule has 218 valence electrons. The molecule has 2 aliphatic heterocycles. The molecule has 2 heterocycles. The van der Waals surface area contributed by atoms with Crippen LogP contribution in [0, 0.1) is 53.2 Å². The third-order valence-corrected chi connectivity index (χ3v) is 8.65. The molecular weight excluding hydrogens is 545 g/mol. The number of halogens is 1. The van der Waals surface area contributed by atoms with Crippen molar-refractivity contribution in [3.8, 4) is 12.1 Å². The summed E-state index contributed by atoms with van der Waals surface area (Å²) in [5.74, 6) is -4.57. The number of ketones is 2. The number of carbonyl (C=O) groups excluding carboxylic acids is 3. The second-order valence-electron chi connectivity index (χ2n) is 11.1. The lowest BCUT2D eigenvalue weighted by molar-refractivity contribution is -0.135. The van der Waals surface area contributed by atoms with Gasteiger partial charge in [0.2, 0.25) is 5.91 Å². The fourth-order valence-corrected chi connectivity index (χ4v) is 6.34. The normalized spacial score (nSPS) is 20.8. The van der Waals surface area contributed by atoms with Gasteiger partial charge in [-0.2, -0.15) is 10.5 Å². The number of nitrogens with one attached hydrogen (secondary N) is 2. The Kier molecular flexibility index (Phi) is 9.06. The molecule has 0 aromatic heterocycles. The Labute approximate surface area is 250 Å². The molecule has 4 atom stereocenters. The number of amides is 1. The summed E-state index contributed by atoms with van der Waals surface area (Å²) in [4.78, 5) is 44.6. The Balaban J connectivity index is 1.66. The van der Waals surface area contributed by atoms with Crippen molar-refractivity contribution in [1.82, 2.24) is 15.5 Å². The molecule has 3 aromatic rings. The Morgan fingerprint density at radius 2 is 1.33 bits per heavy atom. The van der Waals surface area contributed by atoms with Crippen molar-refractivity contribution in [1.29, 1.82) is 10.5 Å². The molecule has 9 heteroatoms. The van der Waals surface area contributed by atoms with Crippen LogP contribution >= 0.6 is 0 Å². The highest BCUT2D eigenvalue weighted by molar-refractivity contribution is 6.02. The van der Waals surface area contributed by atoms with Crippen LogP contribution in [-0.2, 0) is 4.79 Å². The van der Waals surface area contributed by atoms with E-state index in [4.69, 9.17) is 0 Å². The van der Waals surface area contributed by atoms with E-state index < -0.39 is 29.5 Å². The number of nitriles is 2. The van der Waals surface area contributed by atoms with Crippen LogP contribution in [0.15, 0.2) is 66.7 Å². The topological polar surface area (TPSA) is 126 Å². The Morgan fingerprint density at radius 3 is 1.81 bits per heavy atom. The van der Waals surface area contributed by atoms with E-state index >= 15 is 4.39 Å². The van der Waals surface area contributed by atoms with Crippen molar-refractivity contribution in [3.05, 3.63) is 106 Å². The average molecular weight is 578 g/mol. The Bertz CT molecular complexity index is 1520. The van der Waals surface area contributed by atoms with Gasteiger partial charge in [-0.05, 0) is 54.3 Å². The van der Waals surface area contributed by atoms with Crippen molar-refractivity contribution < 1.29 is 18.8 Å². The molecule has 0 aliphatic carbocycles. The van der Waals surface area contributed by atoms with E-state index in [2.05, 4.69) is 22.8 Å². The van der Waals surface area contributed by atoms with Crippen molar-refractivity contribution in [3.63, 3.8) is 0 Å². The molecular formula is C34H32FN5O3. The zero-order chi connectivity index (χ0) is 30.5. The first-order chi connectivity index (χ1) is 20.8. The monoisotopic (exact) mass is 577 g/mol. The van der Waals surface area contributed by atoms with Gasteiger partial charge in [0.15, 0.2) is 11.6 Å². The second-order valence-corrected chi connectivity index (χ2v) is 11.1. The molecule has 2 unspecified atom stereocenters. The lowest BCUT2D eigenvalue weighted by Crippen LogP contribution is -2.55. The van der Waals surface area contributed by atoms with Gasteiger partial charge in [0.25, 0.3) is 0 Å². The smallest absolute Gasteiger partial charge is 0.230 e. The van der Waals surface area contributed by atoms with Gasteiger partial charge in [-0.3, -0.25) is 14.4 Å². The highest BCUT2D eigenvalue weighted by Crippen LogP contribution is 2.43. The number of rotatable bonds is 7. The average Bonchev–Trinajstić information content (AvgIpc) is 3.06. The van der Waals surface area contributed by atoms with Crippen LogP contribution in [0.25, 0.3) is 0 Å². The highest BCUT2D eigenvalue weighted by Gasteiger charge is 2.49. The van der Waals surface area contributed by atoms with Crippen LogP contribution in [0.1, 0.15) is 48.9 Å². The summed E-state index contributed by atoms with van der Waals surface area (Å²) in [5, 5.41) is 25.0. The molecule has 0 radical (unpaired) electrons. The van der Waals surface area contributed by atoms with Gasteiger partial charge in [0.1, 0.15) is 5.82 Å². The van der Waals surface area contributed by atoms with Crippen molar-refractivity contribution in [2.24, 2.45) is 17.8 Å². The number of nitrogens with zero attached hydrogens (tertiary/aromatic N) is 3. The number of hydrogen-bond donors (Lipinski definition) is 2. The first-order valence-corrected chi connectivity index (χ1v) is 14.4. The fourth-order valence-electron chi connectivity index (χ4n) is 6.34. The van der Waals surface area contributed by atoms with Crippen LogP contribution in [-0.4, -0.2) is 61.6 Å². The minimum absolute atomic E-state index is 0.223. The maximum absolute atomic E-state index is 15.1. The van der Waals surface area contributed by atoms with Crippen molar-refractivity contribution >= 4 is 17.5 Å². The molecule has 1 amide bonds. The third-order valence-electron chi connectivity index (χ3n) is 8.65. The maximum Gasteiger partial charge on any atom is 0.230 e. The van der Waals surface area contributed by atoms with Gasteiger partial charge in [-0.1, -0.05) is 36.4 Å². The van der Waals surface area contributed by atoms with E-state index in [0.29, 0.717) is 59.6 Å². The minimum atomic E-state index is -0.962. The zero-order valence-electron chi connectivity index (χ0n) is 23.8. The van der Waals surface area contributed by atoms with Crippen LogP contribution < -0.4 is 10.6 Å². The van der Waals surface area contributed by atoms with Gasteiger partial charge in [0, 0.05) is 62.2 Å². The van der Waals surface area contributed by atoms with E-state index in [1.54, 1.807) is 72.5 Å². The SMILES string of the molecule is Cc1c(F)cccc1C(C(=O)N1CCNCC1)C1[C@@H](C(=O)c2ccc(C#N)cc2)CNC[C@H]1C(=O)c1ccc(C#N)cc1. The van der Waals surface area contributed by atoms with E-state index in [9.17, 15) is 24.9 Å². The summed E-state index contributed by atoms with van der Waals surface area (Å²) in [6.45, 7) is 4.19. The summed E-state index contributed by atoms with van der Waals surface area (Å²) in [7, 11) is 0. The zero-order valence-corrected chi connectivity index (χ0v) is 23.8. The summed E-state index contributed by atoms with van der Waals surface area (Å²) in [5.41, 5.74) is 2.32. The highest BCUT2D eigenvalue weighted by atomic mass is 19.1. The number of piperidine rings is 1. The van der Waals surface area contributed by atoms with E-state index in [-0.39, 0.29) is 30.6 Å². The van der Waals surface area contributed by atoms with Crippen LogP contribution in [0.4, 0.5) is 4.39 Å². The molecule has 0 saturated carbocycles. The third kappa shape index (κ3) is 6.10. The molecule has 5 rings (SSSR count). The second kappa shape index (κ2) is 13.1. The molecule has 0 bridgehead atoms. The van der Waals surface area contributed by atoms with Crippen molar-refractivity contribution in [2.75, 3.05) is 39.3 Å². The van der Waals surface area contributed by atoms with E-state index in [0.717, 1.165) is 0 Å². The van der Waals surface area contributed by atoms with Crippen LogP contribution in [0.2, 0.25) is 0 Å². The predicted molar refractivity (Wildman–Crippen MR) is 158 cm³/mol. The van der Waals surface area contributed by atoms with Crippen molar-refractivity contribution in [2.45, 2.75) is 12.8 Å². The summed E-state index contributed by atoms with van der Waals surface area (Å²) >= 11 is 0. The molecule has 2 N–H and O–H groups in total. The van der Waals surface area contributed by atoms with Gasteiger partial charge in [-0.25, -0.2) is 4.39 Å². The van der Waals surface area contributed by atoms with Crippen LogP contribution in [0.3, 0.4) is 0 Å². The van der Waals surface area contributed by atoms with E-state index in [1.807, 2.05) is 0 Å². The standard InChI is InChI=1S/C34H32FN5O3/c1-21-26(3-2-4-29(21)35)31(34(43)40-15-13-38-14-16-40)30-27(32(41)24-9-5-22(17-36)6-10-24)19-39-20-28(30)33(42)25-11-7-23(18-37)8-12-25/h2-12,27-28,30-31,38-39H,13-16,19-20H2,1H3/t27-,28+,30?,31?. The Hall–Kier alpha value is -4.70. The molecule has 2 aliphatic rings. The molecule has 43 heavy (non-hydrogen) atoms. The largest absolute Gasteiger partial charge is 0.340 e. The molecule has 0 spiro atoms. The number of piperazine rings is 1. The van der Waals surface area contributed by atoms with Gasteiger partial charge in [-0.15, -0.1) is 0 Å². The number of carbonyl (C=O) groups is 3. The molecule has 2 fully saturated rings. The fraction of sp³-hybridized carbons (Fsp3) is 0.324. The molecule has 8 nitrogen and oxygen atoms in total. The number of hydrogen-bond acceptors (Lipinski definition) is 7. The summed E-state index contributed by atoms with van der Waals surface area (Å²) in [6.07, 6.45) is 0. The lowest BCUT2D eigenvalue weighted by Gasteiger charge is -2.43. The maximum atomic E-state index is 15.1. The Morgan fingerprint density at radius 1 is 0.814 bits per heavy atom. The van der Waals surface area contributed by atoms with E-state index in [1.165, 1.54) is 6.07 Å². The van der Waals surface area contributed by atoms with Gasteiger partial charge < -0.3 is 15.5 Å². The summed E-state index contributed by atoms with van der Waals surface area (Å²) in [6, 6.07) is 21.3. The van der Waals surface area contributed by atoms with Gasteiger partial charge >= 0.3 is 0 Å². The molecule has 2 saturated heterocycles. The lowest BCUT2D eigenvalue weighted by atomic mass is 9.64. The summed E-state index contributed by atoms with van der Waals surface area (Å²) < 4.78 is 15.1. The predicted octanol–water partition coefficient (Wildman–Crippen LogP) is 3.61.